The summed E-state index contributed by atoms with van der Waals surface area (Å²) in [6.07, 6.45) is 2.86. The van der Waals surface area contributed by atoms with Crippen LogP contribution in [0.3, 0.4) is 0 Å². The summed E-state index contributed by atoms with van der Waals surface area (Å²) in [6.45, 7) is 5.92. The van der Waals surface area contributed by atoms with Crippen molar-refractivity contribution in [3.05, 3.63) is 0 Å². The highest BCUT2D eigenvalue weighted by molar-refractivity contribution is 5.76. The molecule has 1 unspecified atom stereocenters. The van der Waals surface area contributed by atoms with Gasteiger partial charge >= 0.3 is 12.0 Å². The number of amides is 2. The number of nitrogens with zero attached hydrogens (tertiary/aromatic N) is 2. The van der Waals surface area contributed by atoms with E-state index in [1.54, 1.807) is 9.80 Å². The summed E-state index contributed by atoms with van der Waals surface area (Å²) in [5.74, 6) is -0.825. The predicted octanol–water partition coefficient (Wildman–Crippen LogP) is 1.78. The van der Waals surface area contributed by atoms with Crippen molar-refractivity contribution in [3.8, 4) is 0 Å². The van der Waals surface area contributed by atoms with Crippen LogP contribution in [0.25, 0.3) is 0 Å². The monoisotopic (exact) mass is 242 g/mol. The largest absolute Gasteiger partial charge is 0.481 e. The summed E-state index contributed by atoms with van der Waals surface area (Å²) < 4.78 is 0. The molecule has 0 aromatic heterocycles. The van der Waals surface area contributed by atoms with E-state index >= 15 is 0 Å². The maximum absolute atomic E-state index is 12.2. The number of aliphatic carboxylic acids is 1. The fourth-order valence-corrected chi connectivity index (χ4v) is 2.34. The van der Waals surface area contributed by atoms with Gasteiger partial charge in [-0.15, -0.1) is 0 Å². The first-order valence-electron chi connectivity index (χ1n) is 6.37. The molecule has 1 saturated heterocycles. The Morgan fingerprint density at radius 2 is 1.94 bits per heavy atom. The number of hydrogen-bond acceptors (Lipinski definition) is 2. The highest BCUT2D eigenvalue weighted by Crippen LogP contribution is 2.21. The lowest BCUT2D eigenvalue weighted by Gasteiger charge is -2.38. The number of carboxylic acids is 1. The minimum Gasteiger partial charge on any atom is -0.481 e. The van der Waals surface area contributed by atoms with E-state index in [-0.39, 0.29) is 18.5 Å². The van der Waals surface area contributed by atoms with Gasteiger partial charge in [-0.05, 0) is 33.1 Å². The Morgan fingerprint density at radius 1 is 1.29 bits per heavy atom. The molecule has 1 rings (SSSR count). The van der Waals surface area contributed by atoms with Crippen molar-refractivity contribution in [2.75, 3.05) is 19.6 Å². The fraction of sp³-hybridized carbons (Fsp3) is 0.833. The zero-order chi connectivity index (χ0) is 12.8. The molecule has 1 heterocycles. The molecule has 17 heavy (non-hydrogen) atoms. The number of urea groups is 1. The van der Waals surface area contributed by atoms with Crippen LogP contribution in [0.5, 0.6) is 0 Å². The molecule has 1 atom stereocenters. The first-order valence-corrected chi connectivity index (χ1v) is 6.37. The van der Waals surface area contributed by atoms with Crippen molar-refractivity contribution >= 4 is 12.0 Å². The van der Waals surface area contributed by atoms with Gasteiger partial charge < -0.3 is 14.9 Å². The lowest BCUT2D eigenvalue weighted by molar-refractivity contribution is -0.138. The van der Waals surface area contributed by atoms with Crippen LogP contribution in [-0.2, 0) is 4.79 Å². The summed E-state index contributed by atoms with van der Waals surface area (Å²) in [7, 11) is 0. The fourth-order valence-electron chi connectivity index (χ4n) is 2.34. The third kappa shape index (κ3) is 3.61. The molecule has 0 radical (unpaired) electrons. The highest BCUT2D eigenvalue weighted by Gasteiger charge is 2.30. The van der Waals surface area contributed by atoms with Crippen LogP contribution in [0.15, 0.2) is 0 Å². The SMILES string of the molecule is CCN(CC)C(=O)N1CCCCC1CC(=O)O. The van der Waals surface area contributed by atoms with E-state index in [2.05, 4.69) is 0 Å². The average Bonchev–Trinajstić information content (AvgIpc) is 2.30. The van der Waals surface area contributed by atoms with Crippen molar-refractivity contribution in [1.29, 1.82) is 0 Å². The number of likely N-dealkylation sites (tertiary alicyclic amines) is 1. The molecule has 0 bridgehead atoms. The molecule has 0 spiro atoms. The lowest BCUT2D eigenvalue weighted by Crippen LogP contribution is -2.50. The minimum atomic E-state index is -0.825. The molecule has 0 saturated carbocycles. The summed E-state index contributed by atoms with van der Waals surface area (Å²) in [6, 6.07) is -0.143. The molecule has 0 aromatic carbocycles. The Morgan fingerprint density at radius 3 is 2.47 bits per heavy atom. The van der Waals surface area contributed by atoms with E-state index in [9.17, 15) is 9.59 Å². The zero-order valence-electron chi connectivity index (χ0n) is 10.7. The van der Waals surface area contributed by atoms with Crippen molar-refractivity contribution in [1.82, 2.24) is 9.80 Å². The van der Waals surface area contributed by atoms with Gasteiger partial charge in [-0.1, -0.05) is 0 Å². The van der Waals surface area contributed by atoms with Crippen LogP contribution in [0, 0.1) is 0 Å². The number of rotatable bonds is 4. The van der Waals surface area contributed by atoms with Crippen LogP contribution in [-0.4, -0.2) is 52.6 Å². The Labute approximate surface area is 102 Å². The van der Waals surface area contributed by atoms with Gasteiger partial charge in [-0.2, -0.15) is 0 Å². The molecule has 0 aliphatic carbocycles. The average molecular weight is 242 g/mol. The van der Waals surface area contributed by atoms with Gasteiger partial charge in [-0.3, -0.25) is 4.79 Å². The second kappa shape index (κ2) is 6.47. The van der Waals surface area contributed by atoms with Gasteiger partial charge in [0.05, 0.1) is 6.42 Å². The predicted molar refractivity (Wildman–Crippen MR) is 64.9 cm³/mol. The third-order valence-electron chi connectivity index (χ3n) is 3.32. The maximum atomic E-state index is 12.2. The molecule has 5 nitrogen and oxygen atoms in total. The summed E-state index contributed by atoms with van der Waals surface area (Å²) in [5.41, 5.74) is 0. The summed E-state index contributed by atoms with van der Waals surface area (Å²) in [5, 5.41) is 8.87. The van der Waals surface area contributed by atoms with Crippen molar-refractivity contribution in [2.45, 2.75) is 45.6 Å². The minimum absolute atomic E-state index is 0.0130. The second-order valence-electron chi connectivity index (χ2n) is 4.40. The van der Waals surface area contributed by atoms with Crippen LogP contribution in [0.4, 0.5) is 4.79 Å². The van der Waals surface area contributed by atoms with E-state index < -0.39 is 5.97 Å². The molecule has 1 aliphatic heterocycles. The van der Waals surface area contributed by atoms with Crippen molar-refractivity contribution in [3.63, 3.8) is 0 Å². The van der Waals surface area contributed by atoms with Gasteiger partial charge in [0.15, 0.2) is 0 Å². The van der Waals surface area contributed by atoms with Crippen LogP contribution >= 0.6 is 0 Å². The Kier molecular flexibility index (Phi) is 5.25. The smallest absolute Gasteiger partial charge is 0.320 e. The van der Waals surface area contributed by atoms with E-state index in [0.717, 1.165) is 19.3 Å². The van der Waals surface area contributed by atoms with Crippen LogP contribution in [0.1, 0.15) is 39.5 Å². The van der Waals surface area contributed by atoms with Crippen molar-refractivity contribution in [2.24, 2.45) is 0 Å². The number of hydrogen-bond donors (Lipinski definition) is 1. The molecule has 1 N–H and O–H groups in total. The van der Waals surface area contributed by atoms with Gasteiger partial charge in [0.1, 0.15) is 0 Å². The van der Waals surface area contributed by atoms with Crippen LogP contribution in [0.2, 0.25) is 0 Å². The topological polar surface area (TPSA) is 60.9 Å². The van der Waals surface area contributed by atoms with E-state index in [0.29, 0.717) is 19.6 Å². The highest BCUT2D eigenvalue weighted by atomic mass is 16.4. The molecule has 1 aliphatic rings. The molecule has 0 aromatic rings. The Balaban J connectivity index is 2.69. The summed E-state index contributed by atoms with van der Waals surface area (Å²) in [4.78, 5) is 26.5. The van der Waals surface area contributed by atoms with E-state index in [1.807, 2.05) is 13.8 Å². The Hall–Kier alpha value is -1.26. The zero-order valence-corrected chi connectivity index (χ0v) is 10.7. The van der Waals surface area contributed by atoms with Crippen LogP contribution < -0.4 is 0 Å². The number of piperidine rings is 1. The molecule has 98 valence electrons. The van der Waals surface area contributed by atoms with E-state index in [1.165, 1.54) is 0 Å². The first-order chi connectivity index (χ1) is 8.10. The number of carbonyl (C=O) groups excluding carboxylic acids is 1. The molecular formula is C12H22N2O3. The standard InChI is InChI=1S/C12H22N2O3/c1-3-13(4-2)12(17)14-8-6-5-7-10(14)9-11(15)16/h10H,3-9H2,1-2H3,(H,15,16). The second-order valence-corrected chi connectivity index (χ2v) is 4.40. The van der Waals surface area contributed by atoms with Gasteiger partial charge in [0, 0.05) is 25.7 Å². The van der Waals surface area contributed by atoms with Gasteiger partial charge in [-0.25, -0.2) is 4.79 Å². The Bertz CT molecular complexity index is 277. The maximum Gasteiger partial charge on any atom is 0.320 e. The van der Waals surface area contributed by atoms with Gasteiger partial charge in [0.2, 0.25) is 0 Å². The summed E-state index contributed by atoms with van der Waals surface area (Å²) >= 11 is 0. The first kappa shape index (κ1) is 13.8. The molecule has 5 heteroatoms. The quantitative estimate of drug-likeness (QED) is 0.817. The van der Waals surface area contributed by atoms with Gasteiger partial charge in [0.25, 0.3) is 0 Å². The molecule has 1 fully saturated rings. The number of carbonyl (C=O) groups is 2. The van der Waals surface area contributed by atoms with E-state index in [4.69, 9.17) is 5.11 Å². The third-order valence-corrected chi connectivity index (χ3v) is 3.32. The van der Waals surface area contributed by atoms with Crippen molar-refractivity contribution < 1.29 is 14.7 Å². The number of carboxylic acid groups (broad SMARTS) is 1. The molecular weight excluding hydrogens is 220 g/mol. The lowest BCUT2D eigenvalue weighted by atomic mass is 10.00. The normalized spacial score (nSPS) is 20.1. The molecule has 2 amide bonds.